The highest BCUT2D eigenvalue weighted by molar-refractivity contribution is 6.06. The van der Waals surface area contributed by atoms with E-state index in [1.165, 1.54) is 10.6 Å². The molecular weight excluding hydrogens is 278 g/mol. The number of pyridine rings is 2. The van der Waals surface area contributed by atoms with Crippen molar-refractivity contribution >= 4 is 11.6 Å². The molecule has 1 N–H and O–H groups in total. The van der Waals surface area contributed by atoms with Crippen LogP contribution >= 0.6 is 0 Å². The molecule has 0 bridgehead atoms. The molecule has 0 aliphatic heterocycles. The first-order chi connectivity index (χ1) is 10.8. The van der Waals surface area contributed by atoms with Crippen LogP contribution in [0.4, 0.5) is 5.69 Å². The van der Waals surface area contributed by atoms with Crippen molar-refractivity contribution in [3.05, 3.63) is 89.1 Å². The minimum atomic E-state index is -0.292. The maximum Gasteiger partial charge on any atom is 0.257 e. The van der Waals surface area contributed by atoms with Crippen LogP contribution in [-0.4, -0.2) is 15.5 Å². The molecule has 0 unspecified atom stereocenters. The number of hydrogen-bond acceptors (Lipinski definition) is 3. The summed E-state index contributed by atoms with van der Waals surface area (Å²) in [7, 11) is 0. The lowest BCUT2D eigenvalue weighted by Crippen LogP contribution is -2.21. The maximum absolute atomic E-state index is 12.5. The normalized spacial score (nSPS) is 10.2. The van der Waals surface area contributed by atoms with E-state index in [0.717, 1.165) is 0 Å². The summed E-state index contributed by atoms with van der Waals surface area (Å²) in [6.45, 7) is 0. The molecule has 22 heavy (non-hydrogen) atoms. The van der Waals surface area contributed by atoms with E-state index in [0.29, 0.717) is 16.9 Å². The van der Waals surface area contributed by atoms with E-state index >= 15 is 0 Å². The summed E-state index contributed by atoms with van der Waals surface area (Å²) >= 11 is 0. The molecule has 0 atom stereocenters. The van der Waals surface area contributed by atoms with Crippen LogP contribution in [0.25, 0.3) is 5.69 Å². The van der Waals surface area contributed by atoms with Crippen molar-refractivity contribution in [3.8, 4) is 5.69 Å². The van der Waals surface area contributed by atoms with Gasteiger partial charge in [0.15, 0.2) is 0 Å². The van der Waals surface area contributed by atoms with Crippen LogP contribution in [-0.2, 0) is 0 Å². The van der Waals surface area contributed by atoms with Gasteiger partial charge in [0.2, 0.25) is 0 Å². The Balaban J connectivity index is 2.00. The number of amides is 1. The molecule has 0 saturated heterocycles. The van der Waals surface area contributed by atoms with Crippen LogP contribution in [0.3, 0.4) is 0 Å². The number of nitrogens with one attached hydrogen (secondary N) is 1. The predicted molar refractivity (Wildman–Crippen MR) is 84.2 cm³/mol. The third kappa shape index (κ3) is 2.78. The van der Waals surface area contributed by atoms with Crippen molar-refractivity contribution < 1.29 is 4.79 Å². The standard InChI is InChI=1S/C17H13N3O2/c21-16-9-3-4-11-20(16)15-8-2-1-7-14(15)17(22)19-13-6-5-10-18-12-13/h1-12H,(H,19,22). The van der Waals surface area contributed by atoms with Gasteiger partial charge in [-0.3, -0.25) is 19.1 Å². The van der Waals surface area contributed by atoms with Gasteiger partial charge in [-0.25, -0.2) is 0 Å². The summed E-state index contributed by atoms with van der Waals surface area (Å²) in [4.78, 5) is 28.4. The fraction of sp³-hybridized carbons (Fsp3) is 0. The van der Waals surface area contributed by atoms with Gasteiger partial charge in [-0.2, -0.15) is 0 Å². The summed E-state index contributed by atoms with van der Waals surface area (Å²) in [5.74, 6) is -0.292. The third-order valence-corrected chi connectivity index (χ3v) is 3.15. The highest BCUT2D eigenvalue weighted by atomic mass is 16.2. The minimum Gasteiger partial charge on any atom is -0.321 e. The average molecular weight is 291 g/mol. The molecule has 1 aromatic carbocycles. The number of nitrogens with zero attached hydrogens (tertiary/aromatic N) is 2. The second-order valence-electron chi connectivity index (χ2n) is 4.62. The van der Waals surface area contributed by atoms with Crippen LogP contribution in [0, 0.1) is 0 Å². The van der Waals surface area contributed by atoms with Crippen LogP contribution in [0.2, 0.25) is 0 Å². The number of aromatic nitrogens is 2. The molecule has 3 rings (SSSR count). The zero-order chi connectivity index (χ0) is 15.4. The number of carbonyl (C=O) groups is 1. The molecule has 5 heteroatoms. The predicted octanol–water partition coefficient (Wildman–Crippen LogP) is 2.48. The second-order valence-corrected chi connectivity index (χ2v) is 4.62. The van der Waals surface area contributed by atoms with Gasteiger partial charge in [-0.1, -0.05) is 18.2 Å². The fourth-order valence-corrected chi connectivity index (χ4v) is 2.14. The summed E-state index contributed by atoms with van der Waals surface area (Å²) in [6.07, 6.45) is 4.83. The molecule has 3 aromatic rings. The molecule has 0 radical (unpaired) electrons. The second kappa shape index (κ2) is 6.05. The zero-order valence-electron chi connectivity index (χ0n) is 11.6. The molecule has 0 saturated carbocycles. The molecule has 0 spiro atoms. The first-order valence-corrected chi connectivity index (χ1v) is 6.74. The third-order valence-electron chi connectivity index (χ3n) is 3.15. The molecule has 0 fully saturated rings. The Morgan fingerprint density at radius 3 is 2.59 bits per heavy atom. The maximum atomic E-state index is 12.5. The Hall–Kier alpha value is -3.21. The summed E-state index contributed by atoms with van der Waals surface area (Å²) in [5, 5.41) is 2.77. The van der Waals surface area contributed by atoms with Gasteiger partial charge < -0.3 is 5.32 Å². The number of rotatable bonds is 3. The first-order valence-electron chi connectivity index (χ1n) is 6.74. The SMILES string of the molecule is O=C(Nc1cccnc1)c1ccccc1-n1ccccc1=O. The number of anilines is 1. The van der Waals surface area contributed by atoms with Crippen molar-refractivity contribution in [2.24, 2.45) is 0 Å². The Bertz CT molecular complexity index is 857. The van der Waals surface area contributed by atoms with Gasteiger partial charge in [-0.05, 0) is 30.3 Å². The van der Waals surface area contributed by atoms with Crippen LogP contribution < -0.4 is 10.9 Å². The largest absolute Gasteiger partial charge is 0.321 e. The van der Waals surface area contributed by atoms with E-state index in [1.54, 1.807) is 67.1 Å². The average Bonchev–Trinajstić information content (AvgIpc) is 2.56. The van der Waals surface area contributed by atoms with Crippen molar-refractivity contribution in [3.63, 3.8) is 0 Å². The van der Waals surface area contributed by atoms with Crippen molar-refractivity contribution in [2.45, 2.75) is 0 Å². The van der Waals surface area contributed by atoms with Crippen LogP contribution in [0.1, 0.15) is 10.4 Å². The lowest BCUT2D eigenvalue weighted by atomic mass is 10.1. The van der Waals surface area contributed by atoms with E-state index in [4.69, 9.17) is 0 Å². The number of para-hydroxylation sites is 1. The molecule has 2 aromatic heterocycles. The lowest BCUT2D eigenvalue weighted by Gasteiger charge is -2.11. The quantitative estimate of drug-likeness (QED) is 0.806. The Kier molecular flexibility index (Phi) is 3.78. The number of benzene rings is 1. The monoisotopic (exact) mass is 291 g/mol. The van der Waals surface area contributed by atoms with Crippen molar-refractivity contribution in [1.82, 2.24) is 9.55 Å². The molecule has 0 aliphatic carbocycles. The molecule has 2 heterocycles. The first kappa shape index (κ1) is 13.8. The molecule has 0 aliphatic rings. The van der Waals surface area contributed by atoms with Crippen molar-refractivity contribution in [1.29, 1.82) is 0 Å². The summed E-state index contributed by atoms with van der Waals surface area (Å²) in [6, 6.07) is 15.3. The highest BCUT2D eigenvalue weighted by Gasteiger charge is 2.13. The van der Waals surface area contributed by atoms with Crippen LogP contribution in [0.15, 0.2) is 78.0 Å². The van der Waals surface area contributed by atoms with Gasteiger partial charge >= 0.3 is 0 Å². The van der Waals surface area contributed by atoms with Crippen LogP contribution in [0.5, 0.6) is 0 Å². The lowest BCUT2D eigenvalue weighted by molar-refractivity contribution is 0.102. The summed E-state index contributed by atoms with van der Waals surface area (Å²) in [5.41, 5.74) is 1.36. The van der Waals surface area contributed by atoms with Gasteiger partial charge in [-0.15, -0.1) is 0 Å². The van der Waals surface area contributed by atoms with Gasteiger partial charge in [0.25, 0.3) is 11.5 Å². The molecule has 5 nitrogen and oxygen atoms in total. The van der Waals surface area contributed by atoms with Gasteiger partial charge in [0, 0.05) is 18.5 Å². The smallest absolute Gasteiger partial charge is 0.257 e. The van der Waals surface area contributed by atoms with Gasteiger partial charge in [0.1, 0.15) is 0 Å². The zero-order valence-corrected chi connectivity index (χ0v) is 11.6. The summed E-state index contributed by atoms with van der Waals surface area (Å²) < 4.78 is 1.44. The Morgan fingerprint density at radius 1 is 1.00 bits per heavy atom. The molecular formula is C17H13N3O2. The Labute approximate surface area is 126 Å². The fourth-order valence-electron chi connectivity index (χ4n) is 2.14. The van der Waals surface area contributed by atoms with E-state index in [9.17, 15) is 9.59 Å². The number of hydrogen-bond donors (Lipinski definition) is 1. The Morgan fingerprint density at radius 2 is 1.82 bits per heavy atom. The highest BCUT2D eigenvalue weighted by Crippen LogP contribution is 2.15. The topological polar surface area (TPSA) is 64.0 Å². The van der Waals surface area contributed by atoms with E-state index in [-0.39, 0.29) is 11.5 Å². The van der Waals surface area contributed by atoms with Crippen molar-refractivity contribution in [2.75, 3.05) is 5.32 Å². The van der Waals surface area contributed by atoms with E-state index in [1.807, 2.05) is 0 Å². The number of carbonyl (C=O) groups excluding carboxylic acids is 1. The van der Waals surface area contributed by atoms with Gasteiger partial charge in [0.05, 0.1) is 23.1 Å². The minimum absolute atomic E-state index is 0.191. The van der Waals surface area contributed by atoms with E-state index < -0.39 is 0 Å². The molecule has 1 amide bonds. The molecule has 108 valence electrons. The van der Waals surface area contributed by atoms with E-state index in [2.05, 4.69) is 10.3 Å².